The molecule has 3 heterocycles. The molecule has 1 aromatic carbocycles. The van der Waals surface area contributed by atoms with Crippen LogP contribution in [-0.2, 0) is 13.0 Å². The predicted molar refractivity (Wildman–Crippen MR) is 96.9 cm³/mol. The zero-order valence-electron chi connectivity index (χ0n) is 15.4. The fourth-order valence-electron chi connectivity index (χ4n) is 3.41. The van der Waals surface area contributed by atoms with E-state index in [1.54, 1.807) is 38.2 Å². The minimum atomic E-state index is -0.124. The van der Waals surface area contributed by atoms with Crippen LogP contribution in [0.3, 0.4) is 0 Å². The molecule has 0 atom stereocenters. The molecule has 0 aliphatic carbocycles. The highest BCUT2D eigenvalue weighted by molar-refractivity contribution is 6.00. The number of furan rings is 1. The van der Waals surface area contributed by atoms with Crippen LogP contribution in [-0.4, -0.2) is 36.7 Å². The Kier molecular flexibility index (Phi) is 4.35. The second kappa shape index (κ2) is 6.83. The summed E-state index contributed by atoms with van der Waals surface area (Å²) in [4.78, 5) is 15.0. The molecule has 0 radical (unpaired) electrons. The third kappa shape index (κ3) is 2.95. The molecule has 7 nitrogen and oxygen atoms in total. The molecule has 1 amide bonds. The quantitative estimate of drug-likeness (QED) is 0.702. The fourth-order valence-corrected chi connectivity index (χ4v) is 3.41. The van der Waals surface area contributed by atoms with Crippen LogP contribution in [0.15, 0.2) is 39.5 Å². The molecule has 140 valence electrons. The van der Waals surface area contributed by atoms with Gasteiger partial charge in [-0.1, -0.05) is 5.16 Å². The van der Waals surface area contributed by atoms with Crippen molar-refractivity contribution in [3.05, 3.63) is 52.9 Å². The number of nitrogens with zero attached hydrogens (tertiary/aromatic N) is 2. The van der Waals surface area contributed by atoms with Crippen molar-refractivity contribution < 1.29 is 23.2 Å². The lowest BCUT2D eigenvalue weighted by Crippen LogP contribution is -2.36. The third-order valence-corrected chi connectivity index (χ3v) is 4.83. The molecule has 0 N–H and O–H groups in total. The number of ether oxygens (including phenoxy) is 2. The molecule has 2 aromatic heterocycles. The van der Waals surface area contributed by atoms with Crippen molar-refractivity contribution in [3.8, 4) is 23.0 Å². The third-order valence-electron chi connectivity index (χ3n) is 4.83. The van der Waals surface area contributed by atoms with Gasteiger partial charge in [0.1, 0.15) is 5.56 Å². The molecule has 0 bridgehead atoms. The molecule has 0 fully saturated rings. The normalized spacial score (nSPS) is 13.4. The zero-order chi connectivity index (χ0) is 19.0. The molecule has 0 saturated carbocycles. The van der Waals surface area contributed by atoms with E-state index >= 15 is 0 Å². The van der Waals surface area contributed by atoms with Crippen molar-refractivity contribution in [1.29, 1.82) is 0 Å². The van der Waals surface area contributed by atoms with Crippen molar-refractivity contribution in [3.63, 3.8) is 0 Å². The first-order valence-electron chi connectivity index (χ1n) is 8.65. The number of rotatable bonds is 4. The van der Waals surface area contributed by atoms with Crippen LogP contribution in [0.5, 0.6) is 11.5 Å². The van der Waals surface area contributed by atoms with Gasteiger partial charge in [0, 0.05) is 13.1 Å². The number of hydrogen-bond donors (Lipinski definition) is 0. The Balaban J connectivity index is 1.65. The summed E-state index contributed by atoms with van der Waals surface area (Å²) in [6.45, 7) is 2.84. The first kappa shape index (κ1) is 17.2. The molecule has 4 rings (SSSR count). The summed E-state index contributed by atoms with van der Waals surface area (Å²) in [6.07, 6.45) is 2.28. The van der Waals surface area contributed by atoms with Crippen molar-refractivity contribution >= 4 is 5.91 Å². The Bertz CT molecular complexity index is 975. The van der Waals surface area contributed by atoms with Gasteiger partial charge in [-0.25, -0.2) is 0 Å². The van der Waals surface area contributed by atoms with E-state index < -0.39 is 0 Å². The number of amides is 1. The maximum Gasteiger partial charge on any atom is 0.260 e. The van der Waals surface area contributed by atoms with Gasteiger partial charge in [0.05, 0.1) is 26.2 Å². The number of carbonyl (C=O) groups excluding carboxylic acids is 1. The van der Waals surface area contributed by atoms with Crippen LogP contribution in [0.1, 0.15) is 27.2 Å². The molecule has 7 heteroatoms. The lowest BCUT2D eigenvalue weighted by atomic mass is 9.98. The van der Waals surface area contributed by atoms with Crippen molar-refractivity contribution in [1.82, 2.24) is 10.1 Å². The minimum Gasteiger partial charge on any atom is -0.493 e. The van der Waals surface area contributed by atoms with Crippen LogP contribution < -0.4 is 9.47 Å². The molecular weight excluding hydrogens is 348 g/mol. The predicted octanol–water partition coefficient (Wildman–Crippen LogP) is 3.46. The van der Waals surface area contributed by atoms with Crippen LogP contribution in [0.25, 0.3) is 11.5 Å². The second-order valence-corrected chi connectivity index (χ2v) is 6.40. The number of aromatic nitrogens is 1. The fraction of sp³-hybridized carbons (Fsp3) is 0.300. The number of benzene rings is 1. The van der Waals surface area contributed by atoms with E-state index in [1.807, 2.05) is 12.1 Å². The summed E-state index contributed by atoms with van der Waals surface area (Å²) in [5.41, 5.74) is 3.18. The Morgan fingerprint density at radius 1 is 1.19 bits per heavy atom. The van der Waals surface area contributed by atoms with Gasteiger partial charge in [-0.05, 0) is 48.7 Å². The highest BCUT2D eigenvalue weighted by atomic mass is 16.5. The summed E-state index contributed by atoms with van der Waals surface area (Å²) in [5, 5.41) is 3.96. The largest absolute Gasteiger partial charge is 0.493 e. The van der Waals surface area contributed by atoms with E-state index in [2.05, 4.69) is 5.16 Å². The Morgan fingerprint density at radius 2 is 1.93 bits per heavy atom. The molecule has 27 heavy (non-hydrogen) atoms. The standard InChI is InChI=1S/C20H20N2O5/c1-12-18(19(27-21-12)15-5-4-8-26-15)20(23)22-7-6-13-9-16(24-2)17(25-3)10-14(13)11-22/h4-5,8-10H,6-7,11H2,1-3H3. The number of carbonyl (C=O) groups is 1. The van der Waals surface area contributed by atoms with Gasteiger partial charge >= 0.3 is 0 Å². The Hall–Kier alpha value is -3.22. The van der Waals surface area contributed by atoms with Gasteiger partial charge < -0.3 is 23.3 Å². The minimum absolute atomic E-state index is 0.124. The lowest BCUT2D eigenvalue weighted by Gasteiger charge is -2.29. The van der Waals surface area contributed by atoms with E-state index in [-0.39, 0.29) is 5.91 Å². The molecule has 0 unspecified atom stereocenters. The number of methoxy groups -OCH3 is 2. The first-order valence-corrected chi connectivity index (χ1v) is 8.65. The molecule has 0 saturated heterocycles. The van der Waals surface area contributed by atoms with Gasteiger partial charge in [-0.2, -0.15) is 0 Å². The van der Waals surface area contributed by atoms with Crippen LogP contribution in [0.4, 0.5) is 0 Å². The van der Waals surface area contributed by atoms with Gasteiger partial charge in [0.25, 0.3) is 5.91 Å². The second-order valence-electron chi connectivity index (χ2n) is 6.40. The average Bonchev–Trinajstić information content (AvgIpc) is 3.35. The van der Waals surface area contributed by atoms with Crippen molar-refractivity contribution in [2.24, 2.45) is 0 Å². The Morgan fingerprint density at radius 3 is 2.59 bits per heavy atom. The van der Waals surface area contributed by atoms with Gasteiger partial charge in [0.15, 0.2) is 17.3 Å². The average molecular weight is 368 g/mol. The summed E-state index contributed by atoms with van der Waals surface area (Å²) >= 11 is 0. The monoisotopic (exact) mass is 368 g/mol. The summed E-state index contributed by atoms with van der Waals surface area (Å²) in [5.74, 6) is 2.08. The van der Waals surface area contributed by atoms with E-state index in [1.165, 1.54) is 6.26 Å². The van der Waals surface area contributed by atoms with Crippen LogP contribution in [0.2, 0.25) is 0 Å². The highest BCUT2D eigenvalue weighted by Crippen LogP contribution is 2.34. The molecule has 1 aliphatic heterocycles. The van der Waals surface area contributed by atoms with Gasteiger partial charge in [0.2, 0.25) is 5.76 Å². The number of aryl methyl sites for hydroxylation is 1. The van der Waals surface area contributed by atoms with Crippen molar-refractivity contribution in [2.45, 2.75) is 19.9 Å². The Labute approximate surface area is 156 Å². The van der Waals surface area contributed by atoms with Crippen LogP contribution in [0, 0.1) is 6.92 Å². The van der Waals surface area contributed by atoms with Gasteiger partial charge in [-0.15, -0.1) is 0 Å². The van der Waals surface area contributed by atoms with E-state index in [0.717, 1.165) is 17.5 Å². The van der Waals surface area contributed by atoms with Crippen LogP contribution >= 0.6 is 0 Å². The van der Waals surface area contributed by atoms with Crippen molar-refractivity contribution in [2.75, 3.05) is 20.8 Å². The maximum atomic E-state index is 13.2. The lowest BCUT2D eigenvalue weighted by molar-refractivity contribution is 0.0734. The van der Waals surface area contributed by atoms with E-state index in [4.69, 9.17) is 18.4 Å². The molecule has 0 spiro atoms. The topological polar surface area (TPSA) is 77.9 Å². The van der Waals surface area contributed by atoms with E-state index in [9.17, 15) is 4.79 Å². The van der Waals surface area contributed by atoms with E-state index in [0.29, 0.717) is 47.4 Å². The highest BCUT2D eigenvalue weighted by Gasteiger charge is 2.30. The molecule has 3 aromatic rings. The maximum absolute atomic E-state index is 13.2. The molecule has 1 aliphatic rings. The SMILES string of the molecule is COc1cc2c(cc1OC)CN(C(=O)c1c(C)noc1-c1ccco1)CC2. The summed E-state index contributed by atoms with van der Waals surface area (Å²) in [7, 11) is 3.22. The zero-order valence-corrected chi connectivity index (χ0v) is 15.4. The smallest absolute Gasteiger partial charge is 0.260 e. The van der Waals surface area contributed by atoms with Gasteiger partial charge in [-0.3, -0.25) is 4.79 Å². The molecular formula is C20H20N2O5. The first-order chi connectivity index (χ1) is 13.1. The summed E-state index contributed by atoms with van der Waals surface area (Å²) in [6, 6.07) is 7.41. The number of fused-ring (bicyclic) bond motifs is 1. The number of hydrogen-bond acceptors (Lipinski definition) is 6. The summed E-state index contributed by atoms with van der Waals surface area (Å²) < 4.78 is 21.5.